The van der Waals surface area contributed by atoms with Crippen molar-refractivity contribution in [1.29, 1.82) is 0 Å². The lowest BCUT2D eigenvalue weighted by Crippen LogP contribution is -2.38. The summed E-state index contributed by atoms with van der Waals surface area (Å²) in [4.78, 5) is 11.1. The summed E-state index contributed by atoms with van der Waals surface area (Å²) in [5, 5.41) is 13.8. The maximum atomic E-state index is 16.2. The van der Waals surface area contributed by atoms with Gasteiger partial charge in [-0.2, -0.15) is 4.98 Å². The molecular weight excluding hydrogens is 593 g/mol. The quantitative estimate of drug-likeness (QED) is 0.207. The molecule has 2 atom stereocenters. The van der Waals surface area contributed by atoms with Crippen molar-refractivity contribution >= 4 is 26.8 Å². The van der Waals surface area contributed by atoms with Crippen LogP contribution in [0.15, 0.2) is 59.1 Å². The number of pyridine rings is 2. The van der Waals surface area contributed by atoms with E-state index in [1.807, 2.05) is 50.2 Å². The fourth-order valence-corrected chi connectivity index (χ4v) is 5.39. The molecule has 0 fully saturated rings. The second-order valence-corrected chi connectivity index (χ2v) is 10.8. The number of fused-ring (bicyclic) bond motifs is 1. The summed E-state index contributed by atoms with van der Waals surface area (Å²) in [6, 6.07) is 15.8. The van der Waals surface area contributed by atoms with Gasteiger partial charge >= 0.3 is 0 Å². The van der Waals surface area contributed by atoms with E-state index in [0.717, 1.165) is 9.86 Å². The topological polar surface area (TPSA) is 86.2 Å². The standard InChI is InChI=1S/C31H35BrFN3O5/c1-7-41-27-18-20(17-26(35-27)39-5)31(37,13-14-36(2)3)28(22-9-8-10-25(38-4)29(22)33)23-16-19-15-21(32)11-12-24(19)34-30(23)40-6/h8-12,15-18,28,37H,7,13-14H2,1-6H3. The van der Waals surface area contributed by atoms with Crippen molar-refractivity contribution in [2.75, 3.05) is 48.6 Å². The van der Waals surface area contributed by atoms with Gasteiger partial charge in [0.15, 0.2) is 11.6 Å². The van der Waals surface area contributed by atoms with Crippen molar-refractivity contribution in [2.45, 2.75) is 24.9 Å². The maximum Gasteiger partial charge on any atom is 0.217 e. The Morgan fingerprint density at radius 1 is 0.951 bits per heavy atom. The minimum Gasteiger partial charge on any atom is -0.494 e. The third-order valence-electron chi connectivity index (χ3n) is 7.00. The number of aliphatic hydroxyl groups is 1. The van der Waals surface area contributed by atoms with Gasteiger partial charge in [0.2, 0.25) is 17.6 Å². The fourth-order valence-electron chi connectivity index (χ4n) is 5.01. The number of hydrogen-bond acceptors (Lipinski definition) is 8. The predicted octanol–water partition coefficient (Wildman–Crippen LogP) is 5.93. The number of methoxy groups -OCH3 is 3. The number of halogens is 2. The molecule has 10 heteroatoms. The normalized spacial score (nSPS) is 13.6. The maximum absolute atomic E-state index is 16.2. The molecule has 0 saturated heterocycles. The highest BCUT2D eigenvalue weighted by Gasteiger charge is 2.44. The Balaban J connectivity index is 2.12. The molecule has 0 spiro atoms. The Morgan fingerprint density at radius 3 is 2.37 bits per heavy atom. The molecule has 2 aromatic carbocycles. The van der Waals surface area contributed by atoms with Crippen LogP contribution < -0.4 is 18.9 Å². The number of aromatic nitrogens is 2. The molecule has 0 aliphatic heterocycles. The first-order chi connectivity index (χ1) is 19.6. The first-order valence-electron chi connectivity index (χ1n) is 13.2. The molecule has 4 rings (SSSR count). The van der Waals surface area contributed by atoms with Gasteiger partial charge in [0.05, 0.1) is 39.4 Å². The van der Waals surface area contributed by atoms with Crippen molar-refractivity contribution < 1.29 is 28.4 Å². The van der Waals surface area contributed by atoms with Crippen molar-refractivity contribution in [3.05, 3.63) is 81.6 Å². The summed E-state index contributed by atoms with van der Waals surface area (Å²) in [5.74, 6) is -0.730. The monoisotopic (exact) mass is 627 g/mol. The van der Waals surface area contributed by atoms with Crippen LogP contribution in [-0.4, -0.2) is 68.6 Å². The number of rotatable bonds is 12. The van der Waals surface area contributed by atoms with E-state index >= 15 is 4.39 Å². The van der Waals surface area contributed by atoms with Gasteiger partial charge in [0, 0.05) is 39.7 Å². The summed E-state index contributed by atoms with van der Waals surface area (Å²) in [5.41, 5.74) is 0.140. The molecule has 0 saturated carbocycles. The van der Waals surface area contributed by atoms with Crippen molar-refractivity contribution in [1.82, 2.24) is 14.9 Å². The lowest BCUT2D eigenvalue weighted by Gasteiger charge is -2.39. The van der Waals surface area contributed by atoms with Crippen LogP contribution in [0.25, 0.3) is 10.9 Å². The second-order valence-electron chi connectivity index (χ2n) is 9.87. The van der Waals surface area contributed by atoms with Crippen LogP contribution in [0.3, 0.4) is 0 Å². The highest BCUT2D eigenvalue weighted by atomic mass is 79.9. The highest BCUT2D eigenvalue weighted by Crippen LogP contribution is 2.49. The molecule has 41 heavy (non-hydrogen) atoms. The zero-order valence-electron chi connectivity index (χ0n) is 24.1. The number of nitrogens with zero attached hydrogens (tertiary/aromatic N) is 3. The average Bonchev–Trinajstić information content (AvgIpc) is 2.96. The van der Waals surface area contributed by atoms with Crippen molar-refractivity contribution in [2.24, 2.45) is 0 Å². The summed E-state index contributed by atoms with van der Waals surface area (Å²) in [6.07, 6.45) is 0.208. The largest absolute Gasteiger partial charge is 0.494 e. The molecule has 0 aliphatic carbocycles. The minimum atomic E-state index is -1.71. The van der Waals surface area contributed by atoms with Crippen LogP contribution in [-0.2, 0) is 5.60 Å². The van der Waals surface area contributed by atoms with E-state index in [0.29, 0.717) is 29.8 Å². The van der Waals surface area contributed by atoms with Crippen LogP contribution in [0.2, 0.25) is 0 Å². The van der Waals surface area contributed by atoms with Gasteiger partial charge in [-0.15, -0.1) is 0 Å². The van der Waals surface area contributed by atoms with E-state index in [1.54, 1.807) is 30.3 Å². The molecule has 2 unspecified atom stereocenters. The van der Waals surface area contributed by atoms with E-state index in [1.165, 1.54) is 21.3 Å². The van der Waals surface area contributed by atoms with Gasteiger partial charge < -0.3 is 29.0 Å². The zero-order valence-corrected chi connectivity index (χ0v) is 25.7. The molecule has 4 aromatic rings. The third kappa shape index (κ3) is 6.39. The summed E-state index contributed by atoms with van der Waals surface area (Å²) in [7, 11) is 8.24. The predicted molar refractivity (Wildman–Crippen MR) is 160 cm³/mol. The second kappa shape index (κ2) is 13.0. The molecule has 218 valence electrons. The van der Waals surface area contributed by atoms with Crippen LogP contribution in [0, 0.1) is 5.82 Å². The Morgan fingerprint density at radius 2 is 1.71 bits per heavy atom. The molecule has 0 bridgehead atoms. The van der Waals surface area contributed by atoms with E-state index in [9.17, 15) is 5.11 Å². The Labute approximate surface area is 248 Å². The van der Waals surface area contributed by atoms with Gasteiger partial charge in [0.25, 0.3) is 0 Å². The van der Waals surface area contributed by atoms with Crippen LogP contribution in [0.1, 0.15) is 36.0 Å². The van der Waals surface area contributed by atoms with E-state index < -0.39 is 17.3 Å². The number of hydrogen-bond donors (Lipinski definition) is 1. The SMILES string of the molecule is CCOc1cc(C(O)(CCN(C)C)C(c2cc3cc(Br)ccc3nc2OC)c2cccc(OC)c2F)cc(OC)n1. The molecule has 0 aliphatic rings. The number of benzene rings is 2. The smallest absolute Gasteiger partial charge is 0.217 e. The zero-order chi connectivity index (χ0) is 29.7. The highest BCUT2D eigenvalue weighted by molar-refractivity contribution is 9.10. The molecule has 8 nitrogen and oxygen atoms in total. The summed E-state index contributed by atoms with van der Waals surface area (Å²) in [6.45, 7) is 2.68. The van der Waals surface area contributed by atoms with Gasteiger partial charge in [-0.25, -0.2) is 9.37 Å². The molecule has 1 N–H and O–H groups in total. The Bertz CT molecular complexity index is 1520. The van der Waals surface area contributed by atoms with E-state index in [-0.39, 0.29) is 35.4 Å². The van der Waals surface area contributed by atoms with Gasteiger partial charge in [-0.1, -0.05) is 28.1 Å². The Kier molecular flexibility index (Phi) is 9.68. The summed E-state index contributed by atoms with van der Waals surface area (Å²) >= 11 is 3.54. The van der Waals surface area contributed by atoms with Crippen LogP contribution in [0.5, 0.6) is 23.4 Å². The molecule has 0 radical (unpaired) electrons. The van der Waals surface area contributed by atoms with Gasteiger partial charge in [0.1, 0.15) is 5.60 Å². The van der Waals surface area contributed by atoms with E-state index in [2.05, 4.69) is 20.9 Å². The molecule has 2 aromatic heterocycles. The van der Waals surface area contributed by atoms with Crippen molar-refractivity contribution in [3.63, 3.8) is 0 Å². The van der Waals surface area contributed by atoms with Crippen molar-refractivity contribution in [3.8, 4) is 23.4 Å². The lowest BCUT2D eigenvalue weighted by atomic mass is 9.71. The fraction of sp³-hybridized carbons (Fsp3) is 0.355. The average molecular weight is 629 g/mol. The first kappa shape index (κ1) is 30.5. The minimum absolute atomic E-state index is 0.0558. The lowest BCUT2D eigenvalue weighted by molar-refractivity contribution is 0.00228. The first-order valence-corrected chi connectivity index (χ1v) is 14.0. The van der Waals surface area contributed by atoms with Gasteiger partial charge in [-0.3, -0.25) is 0 Å². The Hall–Kier alpha value is -3.47. The van der Waals surface area contributed by atoms with Crippen LogP contribution >= 0.6 is 15.9 Å². The summed E-state index contributed by atoms with van der Waals surface area (Å²) < 4.78 is 39.4. The molecule has 0 amide bonds. The van der Waals surface area contributed by atoms with Crippen LogP contribution in [0.4, 0.5) is 4.39 Å². The number of ether oxygens (including phenoxy) is 4. The third-order valence-corrected chi connectivity index (χ3v) is 7.49. The molecular formula is C31H35BrFN3O5. The molecule has 2 heterocycles. The van der Waals surface area contributed by atoms with Gasteiger partial charge in [-0.05, 0) is 63.3 Å². The van der Waals surface area contributed by atoms with E-state index in [4.69, 9.17) is 23.9 Å².